The molecule has 0 fully saturated rings. The van der Waals surface area contributed by atoms with E-state index in [1.54, 1.807) is 18.5 Å². The Balaban J connectivity index is 2.21. The Morgan fingerprint density at radius 1 is 1.15 bits per heavy atom. The molecule has 0 radical (unpaired) electrons. The Morgan fingerprint density at radius 2 is 1.90 bits per heavy atom. The van der Waals surface area contributed by atoms with Gasteiger partial charge in [0.15, 0.2) is 0 Å². The van der Waals surface area contributed by atoms with E-state index >= 15 is 0 Å². The van der Waals surface area contributed by atoms with Crippen LogP contribution >= 0.6 is 11.6 Å². The highest BCUT2D eigenvalue weighted by atomic mass is 35.5. The summed E-state index contributed by atoms with van der Waals surface area (Å²) in [4.78, 5) is 8.07. The molecule has 2 nitrogen and oxygen atoms in total. The molecule has 2 heterocycles. The van der Waals surface area contributed by atoms with Gasteiger partial charge in [-0.25, -0.2) is 4.98 Å². The Labute approximate surface area is 124 Å². The minimum Gasteiger partial charge on any atom is -0.260 e. The van der Waals surface area contributed by atoms with Crippen LogP contribution in [0, 0.1) is 5.95 Å². The van der Waals surface area contributed by atoms with Crippen LogP contribution in [0.4, 0.5) is 4.39 Å². The van der Waals surface area contributed by atoms with E-state index in [1.165, 1.54) is 6.07 Å². The second-order valence-corrected chi connectivity index (χ2v) is 5.71. The molecule has 0 amide bonds. The second kappa shape index (κ2) is 6.31. The van der Waals surface area contributed by atoms with Gasteiger partial charge < -0.3 is 0 Å². The molecule has 1 atom stereocenters. The molecule has 0 saturated carbocycles. The van der Waals surface area contributed by atoms with Gasteiger partial charge in [-0.15, -0.1) is 0 Å². The SMILES string of the molecule is CC(C)c1ccnc(CC(C)c2ccc(F)nc2)c1Cl. The fourth-order valence-corrected chi connectivity index (χ4v) is 2.59. The number of halogens is 2. The lowest BCUT2D eigenvalue weighted by Crippen LogP contribution is -2.04. The predicted molar refractivity (Wildman–Crippen MR) is 79.7 cm³/mol. The molecule has 0 spiro atoms. The summed E-state index contributed by atoms with van der Waals surface area (Å²) < 4.78 is 12.8. The van der Waals surface area contributed by atoms with Crippen molar-refractivity contribution in [1.82, 2.24) is 9.97 Å². The van der Waals surface area contributed by atoms with E-state index in [4.69, 9.17) is 11.6 Å². The summed E-state index contributed by atoms with van der Waals surface area (Å²) in [7, 11) is 0. The molecule has 0 N–H and O–H groups in total. The third-order valence-electron chi connectivity index (χ3n) is 3.43. The van der Waals surface area contributed by atoms with E-state index in [0.29, 0.717) is 12.3 Å². The van der Waals surface area contributed by atoms with Gasteiger partial charge in [0.25, 0.3) is 0 Å². The molecule has 4 heteroatoms. The van der Waals surface area contributed by atoms with Crippen molar-refractivity contribution in [1.29, 1.82) is 0 Å². The standard InChI is InChI=1S/C16H18ClFN2/c1-10(2)13-6-7-19-14(16(13)17)8-11(3)12-4-5-15(18)20-9-12/h4-7,9-11H,8H2,1-3H3. The van der Waals surface area contributed by atoms with Gasteiger partial charge >= 0.3 is 0 Å². The molecular formula is C16H18ClFN2. The van der Waals surface area contributed by atoms with Crippen LogP contribution in [0.1, 0.15) is 49.4 Å². The highest BCUT2D eigenvalue weighted by molar-refractivity contribution is 6.32. The minimum absolute atomic E-state index is 0.190. The van der Waals surface area contributed by atoms with Crippen LogP contribution in [-0.2, 0) is 6.42 Å². The molecule has 20 heavy (non-hydrogen) atoms. The van der Waals surface area contributed by atoms with E-state index in [1.807, 2.05) is 6.07 Å². The predicted octanol–water partition coefficient (Wildman–Crippen LogP) is 4.74. The van der Waals surface area contributed by atoms with Gasteiger partial charge in [0, 0.05) is 12.4 Å². The summed E-state index contributed by atoms with van der Waals surface area (Å²) in [5, 5.41) is 0.740. The number of aromatic nitrogens is 2. The van der Waals surface area contributed by atoms with Gasteiger partial charge in [0.05, 0.1) is 10.7 Å². The molecule has 106 valence electrons. The molecule has 0 aliphatic heterocycles. The lowest BCUT2D eigenvalue weighted by Gasteiger charge is -2.15. The maximum absolute atomic E-state index is 12.8. The second-order valence-electron chi connectivity index (χ2n) is 5.33. The monoisotopic (exact) mass is 292 g/mol. The third kappa shape index (κ3) is 3.34. The Bertz CT molecular complexity index is 582. The maximum atomic E-state index is 12.8. The Morgan fingerprint density at radius 3 is 2.50 bits per heavy atom. The van der Waals surface area contributed by atoms with Crippen LogP contribution in [0.3, 0.4) is 0 Å². The fourth-order valence-electron chi connectivity index (χ4n) is 2.18. The van der Waals surface area contributed by atoms with Crippen LogP contribution in [0.25, 0.3) is 0 Å². The van der Waals surface area contributed by atoms with Crippen LogP contribution in [0.15, 0.2) is 30.6 Å². The van der Waals surface area contributed by atoms with Gasteiger partial charge in [-0.05, 0) is 41.5 Å². The number of pyridine rings is 2. The average Bonchev–Trinajstić information content (AvgIpc) is 2.41. The lowest BCUT2D eigenvalue weighted by atomic mass is 9.95. The molecule has 0 aliphatic carbocycles. The van der Waals surface area contributed by atoms with Crippen LogP contribution in [0.2, 0.25) is 5.02 Å². The summed E-state index contributed by atoms with van der Waals surface area (Å²) >= 11 is 6.42. The van der Waals surface area contributed by atoms with Crippen LogP contribution < -0.4 is 0 Å². The lowest BCUT2D eigenvalue weighted by molar-refractivity contribution is 0.580. The van der Waals surface area contributed by atoms with Crippen molar-refractivity contribution >= 4 is 11.6 Å². The summed E-state index contributed by atoms with van der Waals surface area (Å²) in [6.45, 7) is 6.28. The molecule has 2 aromatic rings. The molecule has 0 bridgehead atoms. The van der Waals surface area contributed by atoms with E-state index in [-0.39, 0.29) is 5.92 Å². The maximum Gasteiger partial charge on any atom is 0.212 e. The quantitative estimate of drug-likeness (QED) is 0.761. The Hall–Kier alpha value is -1.48. The smallest absolute Gasteiger partial charge is 0.212 e. The molecule has 0 saturated heterocycles. The number of hydrogen-bond donors (Lipinski definition) is 0. The van der Waals surface area contributed by atoms with Gasteiger partial charge in [-0.2, -0.15) is 4.39 Å². The highest BCUT2D eigenvalue weighted by Crippen LogP contribution is 2.29. The average molecular weight is 293 g/mol. The molecule has 1 unspecified atom stereocenters. The van der Waals surface area contributed by atoms with Crippen molar-refractivity contribution < 1.29 is 4.39 Å². The third-order valence-corrected chi connectivity index (χ3v) is 3.87. The normalized spacial score (nSPS) is 12.7. The van der Waals surface area contributed by atoms with Gasteiger partial charge in [0.2, 0.25) is 5.95 Å². The summed E-state index contributed by atoms with van der Waals surface area (Å²) in [5.74, 6) is 0.0986. The molecule has 2 rings (SSSR count). The van der Waals surface area contributed by atoms with Gasteiger partial charge in [-0.1, -0.05) is 38.4 Å². The van der Waals surface area contributed by atoms with Crippen LogP contribution in [0.5, 0.6) is 0 Å². The Kier molecular flexibility index (Phi) is 4.71. The van der Waals surface area contributed by atoms with Crippen molar-refractivity contribution in [3.63, 3.8) is 0 Å². The minimum atomic E-state index is -0.459. The number of hydrogen-bond acceptors (Lipinski definition) is 2. The van der Waals surface area contributed by atoms with E-state index < -0.39 is 5.95 Å². The largest absolute Gasteiger partial charge is 0.260 e. The van der Waals surface area contributed by atoms with E-state index in [2.05, 4.69) is 30.7 Å². The van der Waals surface area contributed by atoms with Crippen LogP contribution in [-0.4, -0.2) is 9.97 Å². The van der Waals surface area contributed by atoms with Crippen molar-refractivity contribution in [2.24, 2.45) is 0 Å². The molecule has 2 aromatic heterocycles. The first kappa shape index (κ1) is 14.9. The van der Waals surface area contributed by atoms with Gasteiger partial charge in [0.1, 0.15) is 0 Å². The van der Waals surface area contributed by atoms with E-state index in [0.717, 1.165) is 21.8 Å². The zero-order valence-corrected chi connectivity index (χ0v) is 12.7. The summed E-state index contributed by atoms with van der Waals surface area (Å²) in [5.41, 5.74) is 2.98. The van der Waals surface area contributed by atoms with Crippen molar-refractivity contribution in [2.45, 2.75) is 39.0 Å². The van der Waals surface area contributed by atoms with E-state index in [9.17, 15) is 4.39 Å². The molecule has 0 aromatic carbocycles. The van der Waals surface area contributed by atoms with Crippen molar-refractivity contribution in [3.8, 4) is 0 Å². The summed E-state index contributed by atoms with van der Waals surface area (Å²) in [6, 6.07) is 5.10. The first-order chi connectivity index (χ1) is 9.49. The fraction of sp³-hybridized carbons (Fsp3) is 0.375. The highest BCUT2D eigenvalue weighted by Gasteiger charge is 2.14. The van der Waals surface area contributed by atoms with Gasteiger partial charge in [-0.3, -0.25) is 4.98 Å². The van der Waals surface area contributed by atoms with Crippen molar-refractivity contribution in [2.75, 3.05) is 0 Å². The molecular weight excluding hydrogens is 275 g/mol. The number of nitrogens with zero attached hydrogens (tertiary/aromatic N) is 2. The first-order valence-electron chi connectivity index (χ1n) is 6.73. The zero-order chi connectivity index (χ0) is 14.7. The molecule has 0 aliphatic rings. The zero-order valence-electron chi connectivity index (χ0n) is 11.9. The first-order valence-corrected chi connectivity index (χ1v) is 7.11. The van der Waals surface area contributed by atoms with Crippen molar-refractivity contribution in [3.05, 3.63) is 58.4 Å². The topological polar surface area (TPSA) is 25.8 Å². The number of rotatable bonds is 4. The summed E-state index contributed by atoms with van der Waals surface area (Å²) in [6.07, 6.45) is 4.08.